The Morgan fingerprint density at radius 1 is 1.57 bits per heavy atom. The van der Waals surface area contributed by atoms with Crippen molar-refractivity contribution < 1.29 is 14.3 Å². The Morgan fingerprint density at radius 2 is 2.43 bits per heavy atom. The average Bonchev–Trinajstić information content (AvgIpc) is 2.75. The summed E-state index contributed by atoms with van der Waals surface area (Å²) in [4.78, 5) is 14.6. The molecule has 0 saturated carbocycles. The first-order valence-corrected chi connectivity index (χ1v) is 4.84. The standard InChI is InChI=1S/C9H7NO3S/c11-9(12)7-2-1-6(13-7)5-8-10-3-4-14-8/h1-4H,5H2,(H,11,12). The van der Waals surface area contributed by atoms with Crippen LogP contribution in [0.5, 0.6) is 0 Å². The number of aromatic carboxylic acids is 1. The topological polar surface area (TPSA) is 63.3 Å². The van der Waals surface area contributed by atoms with Gasteiger partial charge in [0.2, 0.25) is 5.76 Å². The van der Waals surface area contributed by atoms with Crippen LogP contribution in [-0.2, 0) is 6.42 Å². The van der Waals surface area contributed by atoms with Gasteiger partial charge in [0.05, 0.1) is 11.4 Å². The first kappa shape index (κ1) is 8.96. The van der Waals surface area contributed by atoms with E-state index in [1.165, 1.54) is 17.4 Å². The summed E-state index contributed by atoms with van der Waals surface area (Å²) in [5, 5.41) is 11.4. The zero-order valence-corrected chi connectivity index (χ0v) is 7.95. The minimum atomic E-state index is -1.05. The van der Waals surface area contributed by atoms with Gasteiger partial charge in [-0.05, 0) is 12.1 Å². The molecular formula is C9H7NO3S. The van der Waals surface area contributed by atoms with Crippen LogP contribution in [0.25, 0.3) is 0 Å². The number of nitrogens with zero attached hydrogens (tertiary/aromatic N) is 1. The third kappa shape index (κ3) is 1.82. The number of thiazole rings is 1. The van der Waals surface area contributed by atoms with Crippen LogP contribution in [0, 0.1) is 0 Å². The number of hydrogen-bond donors (Lipinski definition) is 1. The third-order valence-electron chi connectivity index (χ3n) is 1.68. The highest BCUT2D eigenvalue weighted by Gasteiger charge is 2.09. The number of furan rings is 1. The zero-order valence-electron chi connectivity index (χ0n) is 7.14. The van der Waals surface area contributed by atoms with Crippen LogP contribution in [0.2, 0.25) is 0 Å². The van der Waals surface area contributed by atoms with Gasteiger partial charge in [-0.3, -0.25) is 0 Å². The molecule has 2 rings (SSSR count). The molecule has 0 aliphatic heterocycles. The maximum absolute atomic E-state index is 10.5. The van der Waals surface area contributed by atoms with E-state index in [2.05, 4.69) is 4.98 Å². The molecular weight excluding hydrogens is 202 g/mol. The number of carboxylic acids is 1. The lowest BCUT2D eigenvalue weighted by Crippen LogP contribution is -1.92. The maximum atomic E-state index is 10.5. The molecule has 0 aliphatic rings. The largest absolute Gasteiger partial charge is 0.475 e. The van der Waals surface area contributed by atoms with E-state index in [4.69, 9.17) is 9.52 Å². The highest BCUT2D eigenvalue weighted by Crippen LogP contribution is 2.14. The minimum absolute atomic E-state index is 0.0310. The molecule has 2 aromatic rings. The molecule has 1 N–H and O–H groups in total. The van der Waals surface area contributed by atoms with Crippen molar-refractivity contribution in [1.29, 1.82) is 0 Å². The molecule has 0 bridgehead atoms. The Hall–Kier alpha value is -1.62. The Balaban J connectivity index is 2.14. The number of rotatable bonds is 3. The van der Waals surface area contributed by atoms with Gasteiger partial charge in [-0.25, -0.2) is 9.78 Å². The molecule has 4 nitrogen and oxygen atoms in total. The molecule has 5 heteroatoms. The predicted molar refractivity (Wildman–Crippen MR) is 50.6 cm³/mol. The van der Waals surface area contributed by atoms with E-state index in [9.17, 15) is 4.79 Å². The fourth-order valence-electron chi connectivity index (χ4n) is 1.08. The van der Waals surface area contributed by atoms with E-state index in [0.29, 0.717) is 12.2 Å². The van der Waals surface area contributed by atoms with Crippen LogP contribution in [-0.4, -0.2) is 16.1 Å². The number of hydrogen-bond acceptors (Lipinski definition) is 4. The van der Waals surface area contributed by atoms with Crippen molar-refractivity contribution in [3.05, 3.63) is 40.2 Å². The van der Waals surface area contributed by atoms with Crippen molar-refractivity contribution in [2.75, 3.05) is 0 Å². The molecule has 0 radical (unpaired) electrons. The van der Waals surface area contributed by atoms with Gasteiger partial charge in [0, 0.05) is 11.6 Å². The van der Waals surface area contributed by atoms with Gasteiger partial charge in [0.25, 0.3) is 0 Å². The fraction of sp³-hybridized carbons (Fsp3) is 0.111. The minimum Gasteiger partial charge on any atom is -0.475 e. The lowest BCUT2D eigenvalue weighted by molar-refractivity contribution is 0.0660. The van der Waals surface area contributed by atoms with Gasteiger partial charge >= 0.3 is 5.97 Å². The summed E-state index contributed by atoms with van der Waals surface area (Å²) in [5.74, 6) is -0.454. The van der Waals surface area contributed by atoms with Crippen molar-refractivity contribution in [3.63, 3.8) is 0 Å². The maximum Gasteiger partial charge on any atom is 0.371 e. The number of carbonyl (C=O) groups is 1. The smallest absolute Gasteiger partial charge is 0.371 e. The van der Waals surface area contributed by atoms with E-state index in [1.807, 2.05) is 5.38 Å². The summed E-state index contributed by atoms with van der Waals surface area (Å²) in [6.45, 7) is 0. The average molecular weight is 209 g/mol. The normalized spacial score (nSPS) is 10.3. The molecule has 0 aromatic carbocycles. The lowest BCUT2D eigenvalue weighted by Gasteiger charge is -1.90. The van der Waals surface area contributed by atoms with Gasteiger partial charge in [-0.1, -0.05) is 0 Å². The van der Waals surface area contributed by atoms with Crippen molar-refractivity contribution in [2.45, 2.75) is 6.42 Å². The van der Waals surface area contributed by atoms with E-state index >= 15 is 0 Å². The van der Waals surface area contributed by atoms with E-state index in [-0.39, 0.29) is 5.76 Å². The Morgan fingerprint density at radius 3 is 3.00 bits per heavy atom. The van der Waals surface area contributed by atoms with Crippen LogP contribution in [0.3, 0.4) is 0 Å². The Bertz CT molecular complexity index is 433. The monoisotopic (exact) mass is 209 g/mol. The van der Waals surface area contributed by atoms with Crippen LogP contribution < -0.4 is 0 Å². The van der Waals surface area contributed by atoms with Crippen LogP contribution in [0.4, 0.5) is 0 Å². The molecule has 0 fully saturated rings. The zero-order chi connectivity index (χ0) is 9.97. The SMILES string of the molecule is O=C(O)c1ccc(Cc2nccs2)o1. The predicted octanol–water partition coefficient (Wildman–Crippen LogP) is 2.03. The van der Waals surface area contributed by atoms with Crippen molar-refractivity contribution in [3.8, 4) is 0 Å². The molecule has 0 aliphatic carbocycles. The van der Waals surface area contributed by atoms with E-state index < -0.39 is 5.97 Å². The summed E-state index contributed by atoms with van der Waals surface area (Å²) in [7, 11) is 0. The van der Waals surface area contributed by atoms with Gasteiger partial charge < -0.3 is 9.52 Å². The molecule has 72 valence electrons. The highest BCUT2D eigenvalue weighted by molar-refractivity contribution is 7.09. The fourth-order valence-corrected chi connectivity index (χ4v) is 1.70. The number of aromatic nitrogens is 1. The van der Waals surface area contributed by atoms with E-state index in [0.717, 1.165) is 5.01 Å². The molecule has 2 heterocycles. The Kier molecular flexibility index (Phi) is 2.32. The second kappa shape index (κ2) is 3.63. The summed E-state index contributed by atoms with van der Waals surface area (Å²) >= 11 is 1.52. The van der Waals surface area contributed by atoms with Crippen LogP contribution in [0.1, 0.15) is 21.3 Å². The molecule has 0 unspecified atom stereocenters. The molecule has 0 amide bonds. The molecule has 0 atom stereocenters. The van der Waals surface area contributed by atoms with Crippen molar-refractivity contribution >= 4 is 17.3 Å². The van der Waals surface area contributed by atoms with Gasteiger partial charge in [0.1, 0.15) is 5.76 Å². The molecule has 0 saturated heterocycles. The second-order valence-corrected chi connectivity index (χ2v) is 3.65. The van der Waals surface area contributed by atoms with E-state index in [1.54, 1.807) is 12.3 Å². The van der Waals surface area contributed by atoms with Gasteiger partial charge in [-0.2, -0.15) is 0 Å². The van der Waals surface area contributed by atoms with Gasteiger partial charge in [-0.15, -0.1) is 11.3 Å². The highest BCUT2D eigenvalue weighted by atomic mass is 32.1. The van der Waals surface area contributed by atoms with Crippen LogP contribution in [0.15, 0.2) is 28.1 Å². The second-order valence-electron chi connectivity index (χ2n) is 2.67. The summed E-state index contributed by atoms with van der Waals surface area (Å²) in [6, 6.07) is 3.11. The van der Waals surface area contributed by atoms with Gasteiger partial charge in [0.15, 0.2) is 0 Å². The summed E-state index contributed by atoms with van der Waals surface area (Å²) in [5.41, 5.74) is 0. The third-order valence-corrected chi connectivity index (χ3v) is 2.46. The van der Waals surface area contributed by atoms with Crippen molar-refractivity contribution in [2.24, 2.45) is 0 Å². The molecule has 2 aromatic heterocycles. The molecule has 0 spiro atoms. The quantitative estimate of drug-likeness (QED) is 0.840. The number of carboxylic acid groups (broad SMARTS) is 1. The molecule has 14 heavy (non-hydrogen) atoms. The summed E-state index contributed by atoms with van der Waals surface area (Å²) in [6.07, 6.45) is 2.26. The van der Waals surface area contributed by atoms with Crippen LogP contribution >= 0.6 is 11.3 Å². The Labute approximate surface area is 83.8 Å². The summed E-state index contributed by atoms with van der Waals surface area (Å²) < 4.78 is 5.09. The lowest BCUT2D eigenvalue weighted by atomic mass is 10.3. The first-order valence-electron chi connectivity index (χ1n) is 3.96. The first-order chi connectivity index (χ1) is 6.75. The van der Waals surface area contributed by atoms with Crippen molar-refractivity contribution in [1.82, 2.24) is 4.98 Å².